The number of esters is 5. The van der Waals surface area contributed by atoms with Crippen molar-refractivity contribution in [1.29, 1.82) is 0 Å². The van der Waals surface area contributed by atoms with Crippen LogP contribution in [0.1, 0.15) is 242 Å². The van der Waals surface area contributed by atoms with Crippen LogP contribution in [-0.2, 0) is 76.3 Å². The third-order valence-corrected chi connectivity index (χ3v) is 23.2. The normalized spacial score (nSPS) is 19.4. The molecule has 6 aromatic rings. The Bertz CT molecular complexity index is 5590. The number of carboxylic acid groups (broad SMARTS) is 1. The van der Waals surface area contributed by atoms with E-state index in [-0.39, 0.29) is 53.8 Å². The number of halogens is 6. The summed E-state index contributed by atoms with van der Waals surface area (Å²) in [5, 5.41) is 56.9. The highest BCUT2D eigenvalue weighted by Gasteiger charge is 2.49. The number of aliphatic carboxylic acids is 1. The number of aliphatic hydroxyl groups excluding tert-OH is 1. The van der Waals surface area contributed by atoms with Crippen LogP contribution in [0.5, 0.6) is 0 Å². The maximum atomic E-state index is 14.3. The summed E-state index contributed by atoms with van der Waals surface area (Å²) >= 11 is 33.7. The Morgan fingerprint density at radius 2 is 0.930 bits per heavy atom. The molecule has 4 aromatic carbocycles. The fraction of sp³-hybridized carbons (Fsp3) is 0.531. The molecule has 8 N–H and O–H groups in total. The van der Waals surface area contributed by atoms with Crippen LogP contribution in [0.25, 0.3) is 34.0 Å². The summed E-state index contributed by atoms with van der Waals surface area (Å²) < 4.78 is 39.7. The van der Waals surface area contributed by atoms with Crippen LogP contribution in [0.15, 0.2) is 109 Å². The molecule has 2 aromatic heterocycles. The van der Waals surface area contributed by atoms with E-state index in [4.69, 9.17) is 113 Å². The van der Waals surface area contributed by atoms with Gasteiger partial charge in [-0.3, -0.25) is 78.6 Å². The smallest absolute Gasteiger partial charge is 0.408 e. The SMILES string of the molecule is CC(C)[C@H](O)C(=O)N[C@@H](C)C(=O)N1CCC[C@@H](C(=O)OCC(Cl)(Cl)Cl)N1.CC(C)[C@H](OC(=O)C1(/C=C/c2ccc3ccc([C@@H](C)NC(=O)OC(C)(C)C)nc3c2)CCOC(C)(C)C1)C(=O)N[C@@H](C)C(=O)N1CCC[C@@H](C(=O)OCC(Cl)(Cl)Cl)N1.C[C@@H](NC(=O)OC(C)(C)C)c1ccc2ccc(/C=C/C3(C(=O)O)CCOC(C)(C)C3)cc2n1.Cc1cccc([N+](=O)[O-])c1C(=O)OC(=O)c1c(C)cccc1[N+](=O)[O-]. The number of hydrogen-bond donors (Lipinski definition) is 8. The zero-order valence-electron chi connectivity index (χ0n) is 82.9. The number of nitrogens with zero attached hydrogens (tertiary/aromatic N) is 6. The van der Waals surface area contributed by atoms with Gasteiger partial charge in [0.05, 0.1) is 66.4 Å². The number of nitro groups is 2. The number of benzene rings is 4. The Balaban J connectivity index is 0.000000276. The standard InChI is InChI=1S/C41H56Cl3N5O9.C26H34N2O5.C16H12N2O7.C15H24Cl3N3O5/c1-24(2)32(33(50)45-26(4)34(51)49-19-10-11-30(48-49)35(52)55-23-41(42,43)44)57-36(53)40(18-20-56-39(8,9)22-40)17-16-27-12-13-28-14-15-29(47-31(28)21-27)25(3)46-37(54)58-38(5,6)7;1-17(27-23(31)33-24(2,3)4)20-10-9-19-8-7-18(15-21(19)28-20)11-12-26(22(29)30)13-14-32-25(5,6)16-26;1-9-5-3-7-11(17(21)22)13(9)15(19)25-16(20)14-10(2)6-4-8-12(14)18(23)24;1-8(2)11(22)12(23)19-9(3)13(24)21-6-4-5-10(20-21)14(25)26-7-15(16,17)18/h12-17,21,24-26,30,32,48H,10-11,18-20,22-23H2,1-9H3,(H,45,50)(H,46,54);7-12,15,17H,13-14,16H2,1-6H3,(H,27,31)(H,29,30);3-8H,1-2H3;8-11,20,22H,4-7H2,1-3H3,(H,19,23)/b17-16+;12-11+;;/t25-,26+,30+,32+,40?;17-,26?;;9-,10-,11-/m11.0/s1. The molecule has 4 fully saturated rings. The molecule has 6 amide bonds. The Kier molecular flexibility index (Phi) is 41.9. The third kappa shape index (κ3) is 35.8. The van der Waals surface area contributed by atoms with Crippen molar-refractivity contribution >= 4 is 187 Å². The number of aryl methyl sites for hydroxylation is 2. The predicted octanol–water partition coefficient (Wildman–Crippen LogP) is 16.4. The average Bonchev–Trinajstić information content (AvgIpc) is 0.778. The first-order valence-corrected chi connectivity index (χ1v) is 48.1. The van der Waals surface area contributed by atoms with Gasteiger partial charge in [0.2, 0.25) is 13.5 Å². The molecule has 38 nitrogen and oxygen atoms in total. The van der Waals surface area contributed by atoms with E-state index < -0.39 is 195 Å². The van der Waals surface area contributed by atoms with E-state index in [9.17, 15) is 88.0 Å². The van der Waals surface area contributed by atoms with Gasteiger partial charge in [-0.2, -0.15) is 0 Å². The van der Waals surface area contributed by atoms with Gasteiger partial charge in [-0.05, 0) is 221 Å². The van der Waals surface area contributed by atoms with Crippen LogP contribution in [-0.4, -0.2) is 218 Å². The highest BCUT2D eigenvalue weighted by molar-refractivity contribution is 6.68. The summed E-state index contributed by atoms with van der Waals surface area (Å²) in [6.07, 6.45) is 7.16. The van der Waals surface area contributed by atoms with E-state index in [0.29, 0.717) is 75.0 Å². The number of alkyl halides is 6. The summed E-state index contributed by atoms with van der Waals surface area (Å²) in [5.74, 6) is -8.17. The molecule has 776 valence electrons. The van der Waals surface area contributed by atoms with Crippen molar-refractivity contribution in [1.82, 2.24) is 52.1 Å². The number of nitrogens with one attached hydrogen (secondary N) is 6. The Labute approximate surface area is 853 Å². The number of hydrazine groups is 2. The molecule has 4 aliphatic rings. The Hall–Kier alpha value is -11.0. The predicted molar refractivity (Wildman–Crippen MR) is 533 cm³/mol. The number of carboxylic acids is 1. The van der Waals surface area contributed by atoms with Crippen LogP contribution in [0.3, 0.4) is 0 Å². The van der Waals surface area contributed by atoms with Crippen LogP contribution >= 0.6 is 69.6 Å². The fourth-order valence-electron chi connectivity index (χ4n) is 15.5. The molecule has 10 rings (SSSR count). The van der Waals surface area contributed by atoms with Gasteiger partial charge in [-0.25, -0.2) is 30.0 Å². The second kappa shape index (κ2) is 50.5. The van der Waals surface area contributed by atoms with Crippen molar-refractivity contribution in [3.63, 3.8) is 0 Å². The van der Waals surface area contributed by atoms with Crippen molar-refractivity contribution in [3.05, 3.63) is 174 Å². The fourth-order valence-corrected chi connectivity index (χ4v) is 15.8. The van der Waals surface area contributed by atoms with Gasteiger partial charge in [0.1, 0.15) is 65.8 Å². The van der Waals surface area contributed by atoms with E-state index >= 15 is 0 Å². The lowest BCUT2D eigenvalue weighted by Gasteiger charge is -2.42. The maximum Gasteiger partial charge on any atom is 0.408 e. The molecule has 0 radical (unpaired) electrons. The van der Waals surface area contributed by atoms with Gasteiger partial charge >= 0.3 is 48.0 Å². The lowest BCUT2D eigenvalue weighted by atomic mass is 9.73. The summed E-state index contributed by atoms with van der Waals surface area (Å²) in [4.78, 5) is 182. The van der Waals surface area contributed by atoms with Gasteiger partial charge in [0, 0.05) is 49.2 Å². The molecule has 2 unspecified atom stereocenters. The first-order valence-electron chi connectivity index (χ1n) is 45.9. The van der Waals surface area contributed by atoms with Crippen LogP contribution in [0.4, 0.5) is 21.0 Å². The minimum atomic E-state index is -1.78. The van der Waals surface area contributed by atoms with Gasteiger partial charge in [0.25, 0.3) is 29.1 Å². The number of rotatable bonds is 27. The number of amides is 6. The number of aliphatic hydroxyl groups is 1. The number of hydrogen-bond acceptors (Lipinski definition) is 29. The molecular formula is C98H126Cl6N12O26. The van der Waals surface area contributed by atoms with Gasteiger partial charge in [-0.15, -0.1) is 0 Å². The Morgan fingerprint density at radius 3 is 1.30 bits per heavy atom. The second-order valence-electron chi connectivity index (χ2n) is 38.9. The van der Waals surface area contributed by atoms with Crippen LogP contribution in [0.2, 0.25) is 0 Å². The molecule has 6 heterocycles. The van der Waals surface area contributed by atoms with Crippen LogP contribution < -0.4 is 32.1 Å². The molecule has 0 bridgehead atoms. The number of carbonyl (C=O) groups excluding carboxylic acids is 11. The molecular weight excluding hydrogens is 1970 g/mol. The topological polar surface area (TPSA) is 510 Å². The third-order valence-electron chi connectivity index (χ3n) is 22.6. The largest absolute Gasteiger partial charge is 0.481 e. The van der Waals surface area contributed by atoms with E-state index in [1.54, 1.807) is 54.5 Å². The first-order chi connectivity index (χ1) is 65.8. The van der Waals surface area contributed by atoms with E-state index in [2.05, 4.69) is 36.9 Å². The number of aromatic nitrogens is 2. The molecule has 4 aliphatic heterocycles. The summed E-state index contributed by atoms with van der Waals surface area (Å²) in [7, 11) is 0. The highest BCUT2D eigenvalue weighted by atomic mass is 35.6. The Morgan fingerprint density at radius 1 is 0.549 bits per heavy atom. The zero-order chi connectivity index (χ0) is 106. The molecule has 4 saturated heterocycles. The van der Waals surface area contributed by atoms with Crippen molar-refractivity contribution < 1.29 is 115 Å². The zero-order valence-corrected chi connectivity index (χ0v) is 87.4. The number of alkyl carbamates (subject to hydrolysis) is 2. The number of carbonyl (C=O) groups is 12. The second-order valence-corrected chi connectivity index (χ2v) is 43.9. The minimum absolute atomic E-state index is 0.242. The molecule has 44 heteroatoms. The molecule has 10 atom stereocenters. The molecule has 0 aliphatic carbocycles. The number of ether oxygens (including phenoxy) is 8. The molecule has 0 saturated carbocycles. The molecule has 142 heavy (non-hydrogen) atoms. The minimum Gasteiger partial charge on any atom is -0.481 e. The van der Waals surface area contributed by atoms with E-state index in [1.165, 1.54) is 62.0 Å². The van der Waals surface area contributed by atoms with Crippen molar-refractivity contribution in [2.75, 3.05) is 39.5 Å². The van der Waals surface area contributed by atoms with Crippen LogP contribution in [0, 0.1) is 56.7 Å². The van der Waals surface area contributed by atoms with Crippen molar-refractivity contribution in [2.45, 2.75) is 268 Å². The monoisotopic (exact) mass is 2100 g/mol. The van der Waals surface area contributed by atoms with Crippen molar-refractivity contribution in [2.24, 2.45) is 22.7 Å². The van der Waals surface area contributed by atoms with E-state index in [1.807, 2.05) is 141 Å². The van der Waals surface area contributed by atoms with Gasteiger partial charge < -0.3 is 69.4 Å². The summed E-state index contributed by atoms with van der Waals surface area (Å²) in [6.45, 7) is 35.4. The van der Waals surface area contributed by atoms with E-state index in [0.717, 1.165) is 39.5 Å². The quantitative estimate of drug-likeness (QED) is 0.00593. The number of fused-ring (bicyclic) bond motifs is 2. The summed E-state index contributed by atoms with van der Waals surface area (Å²) in [6, 6.07) is 22.8. The first kappa shape index (κ1) is 118. The van der Waals surface area contributed by atoms with Crippen molar-refractivity contribution in [3.8, 4) is 0 Å². The summed E-state index contributed by atoms with van der Waals surface area (Å²) in [5.41, 5.74) is 4.27. The maximum absolute atomic E-state index is 14.3. The number of nitro benzene ring substituents is 2. The lowest BCUT2D eigenvalue weighted by molar-refractivity contribution is -0.385. The average molecular weight is 2100 g/mol. The highest BCUT2D eigenvalue weighted by Crippen LogP contribution is 2.44. The lowest BCUT2D eigenvalue weighted by Crippen LogP contribution is -2.60. The van der Waals surface area contributed by atoms with Gasteiger partial charge in [-0.1, -0.05) is 182 Å². The van der Waals surface area contributed by atoms with Gasteiger partial charge in [0.15, 0.2) is 6.10 Å². The molecule has 0 spiro atoms. The number of pyridine rings is 2.